The van der Waals surface area contributed by atoms with Gasteiger partial charge in [-0.1, -0.05) is 18.6 Å². The fourth-order valence-corrected chi connectivity index (χ4v) is 3.69. The van der Waals surface area contributed by atoms with Crippen molar-refractivity contribution in [2.45, 2.75) is 25.7 Å². The average molecular weight is 274 g/mol. The van der Waals surface area contributed by atoms with Crippen molar-refractivity contribution in [1.82, 2.24) is 0 Å². The summed E-state index contributed by atoms with van der Waals surface area (Å²) in [7, 11) is 0. The predicted octanol–water partition coefficient (Wildman–Crippen LogP) is 2.98. The van der Waals surface area contributed by atoms with E-state index in [9.17, 15) is 9.59 Å². The molecule has 0 spiro atoms. The Bertz CT molecular complexity index is 537. The molecule has 0 radical (unpaired) electrons. The molecule has 1 aromatic rings. The molecule has 4 heteroatoms. The summed E-state index contributed by atoms with van der Waals surface area (Å²) in [4.78, 5) is 23.1. The van der Waals surface area contributed by atoms with Crippen LogP contribution < -0.4 is 0 Å². The number of hydrogen-bond acceptors (Lipinski definition) is 3. The van der Waals surface area contributed by atoms with E-state index in [1.807, 2.05) is 0 Å². The molecule has 1 N–H and O–H groups in total. The number of carbonyl (C=O) groups excluding carboxylic acids is 1. The van der Waals surface area contributed by atoms with Crippen LogP contribution >= 0.6 is 0 Å². The molecule has 20 heavy (non-hydrogen) atoms. The summed E-state index contributed by atoms with van der Waals surface area (Å²) in [5.74, 6) is 0.357. The van der Waals surface area contributed by atoms with Crippen LogP contribution in [0.2, 0.25) is 0 Å². The van der Waals surface area contributed by atoms with Gasteiger partial charge >= 0.3 is 11.9 Å². The summed E-state index contributed by atoms with van der Waals surface area (Å²) in [5, 5.41) is 9.07. The molecule has 3 rings (SSSR count). The van der Waals surface area contributed by atoms with Crippen molar-refractivity contribution in [2.24, 2.45) is 17.8 Å². The fourth-order valence-electron chi connectivity index (χ4n) is 3.69. The molecule has 2 saturated carbocycles. The Morgan fingerprint density at radius 2 is 1.90 bits per heavy atom. The van der Waals surface area contributed by atoms with Gasteiger partial charge in [-0.2, -0.15) is 0 Å². The molecule has 0 heterocycles. The first-order valence-corrected chi connectivity index (χ1v) is 7.14. The SMILES string of the molecule is O=C(O)c1ccccc1C(=O)OC[C@@H]1C[C@@H]2CC[C@@H]1C2. The topological polar surface area (TPSA) is 63.6 Å². The Labute approximate surface area is 117 Å². The van der Waals surface area contributed by atoms with Gasteiger partial charge in [-0.15, -0.1) is 0 Å². The summed E-state index contributed by atoms with van der Waals surface area (Å²) in [6.45, 7) is 0.425. The van der Waals surface area contributed by atoms with E-state index < -0.39 is 11.9 Å². The Hall–Kier alpha value is -1.84. The van der Waals surface area contributed by atoms with E-state index in [0.717, 1.165) is 12.3 Å². The van der Waals surface area contributed by atoms with Crippen molar-refractivity contribution < 1.29 is 19.4 Å². The van der Waals surface area contributed by atoms with Crippen molar-refractivity contribution in [2.75, 3.05) is 6.61 Å². The number of rotatable bonds is 4. The van der Waals surface area contributed by atoms with E-state index in [-0.39, 0.29) is 11.1 Å². The Balaban J connectivity index is 1.64. The van der Waals surface area contributed by atoms with E-state index in [2.05, 4.69) is 0 Å². The first-order chi connectivity index (χ1) is 9.65. The lowest BCUT2D eigenvalue weighted by Crippen LogP contribution is -2.20. The minimum absolute atomic E-state index is 0.00504. The van der Waals surface area contributed by atoms with Gasteiger partial charge in [0.2, 0.25) is 0 Å². The van der Waals surface area contributed by atoms with E-state index >= 15 is 0 Å². The van der Waals surface area contributed by atoms with E-state index in [1.54, 1.807) is 12.1 Å². The lowest BCUT2D eigenvalue weighted by molar-refractivity contribution is 0.0387. The van der Waals surface area contributed by atoms with Crippen LogP contribution in [0.5, 0.6) is 0 Å². The first-order valence-electron chi connectivity index (χ1n) is 7.14. The number of hydrogen-bond donors (Lipinski definition) is 1. The molecule has 0 aromatic heterocycles. The van der Waals surface area contributed by atoms with Crippen LogP contribution in [-0.2, 0) is 4.74 Å². The molecule has 0 aliphatic heterocycles. The zero-order valence-corrected chi connectivity index (χ0v) is 11.2. The van der Waals surface area contributed by atoms with Crippen molar-refractivity contribution in [3.8, 4) is 0 Å². The van der Waals surface area contributed by atoms with Crippen molar-refractivity contribution in [3.05, 3.63) is 35.4 Å². The smallest absolute Gasteiger partial charge is 0.339 e. The van der Waals surface area contributed by atoms with Gasteiger partial charge in [0.05, 0.1) is 17.7 Å². The predicted molar refractivity (Wildman–Crippen MR) is 72.6 cm³/mol. The number of ether oxygens (including phenoxy) is 1. The van der Waals surface area contributed by atoms with Gasteiger partial charge < -0.3 is 9.84 Å². The molecule has 0 unspecified atom stereocenters. The second-order valence-corrected chi connectivity index (χ2v) is 5.88. The lowest BCUT2D eigenvalue weighted by atomic mass is 9.89. The van der Waals surface area contributed by atoms with Gasteiger partial charge in [0, 0.05) is 0 Å². The number of esters is 1. The van der Waals surface area contributed by atoms with E-state index in [0.29, 0.717) is 18.4 Å². The maximum Gasteiger partial charge on any atom is 0.339 e. The first kappa shape index (κ1) is 13.2. The summed E-state index contributed by atoms with van der Waals surface area (Å²) in [6, 6.07) is 6.19. The van der Waals surface area contributed by atoms with Crippen molar-refractivity contribution >= 4 is 11.9 Å². The molecule has 2 aliphatic carbocycles. The minimum atomic E-state index is -1.10. The zero-order valence-electron chi connectivity index (χ0n) is 11.2. The summed E-state index contributed by atoms with van der Waals surface area (Å²) >= 11 is 0. The monoisotopic (exact) mass is 274 g/mol. The Morgan fingerprint density at radius 1 is 1.15 bits per heavy atom. The largest absolute Gasteiger partial charge is 0.478 e. The summed E-state index contributed by atoms with van der Waals surface area (Å²) in [5.41, 5.74) is 0.147. The number of benzene rings is 1. The number of carboxylic acid groups (broad SMARTS) is 1. The summed E-state index contributed by atoms with van der Waals surface area (Å²) < 4.78 is 5.35. The third-order valence-corrected chi connectivity index (χ3v) is 4.69. The minimum Gasteiger partial charge on any atom is -0.478 e. The maximum absolute atomic E-state index is 12.0. The van der Waals surface area contributed by atoms with Crippen LogP contribution in [0.3, 0.4) is 0 Å². The molecule has 4 nitrogen and oxygen atoms in total. The molecule has 0 saturated heterocycles. The number of aromatic carboxylic acids is 1. The Morgan fingerprint density at radius 3 is 2.50 bits per heavy atom. The van der Waals surface area contributed by atoms with Gasteiger partial charge in [0.25, 0.3) is 0 Å². The van der Waals surface area contributed by atoms with Crippen LogP contribution in [-0.4, -0.2) is 23.7 Å². The molecule has 0 amide bonds. The third kappa shape index (κ3) is 2.42. The van der Waals surface area contributed by atoms with Crippen LogP contribution in [0.1, 0.15) is 46.4 Å². The van der Waals surface area contributed by atoms with Crippen molar-refractivity contribution in [3.63, 3.8) is 0 Å². The van der Waals surface area contributed by atoms with E-state index in [4.69, 9.17) is 9.84 Å². The number of carbonyl (C=O) groups is 2. The molecule has 2 aliphatic rings. The fraction of sp³-hybridized carbons (Fsp3) is 0.500. The standard InChI is InChI=1S/C16H18O4/c17-15(18)13-3-1-2-4-14(13)16(19)20-9-12-8-10-5-6-11(12)7-10/h1-4,10-12H,5-9H2,(H,17,18)/t10-,11-,12+/m1/s1. The summed E-state index contributed by atoms with van der Waals surface area (Å²) in [6.07, 6.45) is 4.99. The maximum atomic E-state index is 12.0. The number of fused-ring (bicyclic) bond motifs is 2. The molecule has 1 aromatic carbocycles. The number of carboxylic acids is 1. The van der Waals surface area contributed by atoms with Crippen molar-refractivity contribution in [1.29, 1.82) is 0 Å². The quantitative estimate of drug-likeness (QED) is 0.857. The highest BCUT2D eigenvalue weighted by Gasteiger charge is 2.40. The highest BCUT2D eigenvalue weighted by Crippen LogP contribution is 2.48. The molecular weight excluding hydrogens is 256 g/mol. The normalized spacial score (nSPS) is 27.5. The lowest BCUT2D eigenvalue weighted by Gasteiger charge is -2.21. The molecular formula is C16H18O4. The highest BCUT2D eigenvalue weighted by atomic mass is 16.5. The zero-order chi connectivity index (χ0) is 14.1. The molecule has 2 bridgehead atoms. The van der Waals surface area contributed by atoms with Gasteiger partial charge in [0.1, 0.15) is 0 Å². The van der Waals surface area contributed by atoms with Gasteiger partial charge in [-0.3, -0.25) is 0 Å². The second kappa shape index (κ2) is 5.27. The van der Waals surface area contributed by atoms with Crippen LogP contribution in [0.15, 0.2) is 24.3 Å². The van der Waals surface area contributed by atoms with Crippen LogP contribution in [0.4, 0.5) is 0 Å². The third-order valence-electron chi connectivity index (χ3n) is 4.69. The highest BCUT2D eigenvalue weighted by molar-refractivity contribution is 6.02. The van der Waals surface area contributed by atoms with Crippen LogP contribution in [0.25, 0.3) is 0 Å². The molecule has 106 valence electrons. The molecule has 2 fully saturated rings. The Kier molecular flexibility index (Phi) is 3.47. The van der Waals surface area contributed by atoms with Gasteiger partial charge in [-0.05, 0) is 49.1 Å². The second-order valence-electron chi connectivity index (χ2n) is 5.88. The van der Waals surface area contributed by atoms with E-state index in [1.165, 1.54) is 31.4 Å². The van der Waals surface area contributed by atoms with Crippen LogP contribution in [0, 0.1) is 17.8 Å². The van der Waals surface area contributed by atoms with Gasteiger partial charge in [-0.25, -0.2) is 9.59 Å². The molecule has 3 atom stereocenters. The average Bonchev–Trinajstić information content (AvgIpc) is 3.07. The van der Waals surface area contributed by atoms with Gasteiger partial charge in [0.15, 0.2) is 0 Å².